The van der Waals surface area contributed by atoms with Crippen LogP contribution in [0.4, 0.5) is 5.69 Å². The molecular formula is C17H20N2O. The van der Waals surface area contributed by atoms with Crippen LogP contribution >= 0.6 is 0 Å². The van der Waals surface area contributed by atoms with Crippen LogP contribution < -0.4 is 10.9 Å². The summed E-state index contributed by atoms with van der Waals surface area (Å²) in [5.74, 6) is -0.133. The van der Waals surface area contributed by atoms with Crippen LogP contribution in [0, 0.1) is 13.8 Å². The van der Waals surface area contributed by atoms with Crippen molar-refractivity contribution >= 4 is 11.6 Å². The van der Waals surface area contributed by atoms with Crippen molar-refractivity contribution in [2.45, 2.75) is 27.2 Å². The SMILES string of the molecule is CCc1ccc(C(=O)NNc2ccc(C)c(C)c2)cc1. The highest BCUT2D eigenvalue weighted by Gasteiger charge is 2.04. The smallest absolute Gasteiger partial charge is 0.269 e. The molecule has 20 heavy (non-hydrogen) atoms. The van der Waals surface area contributed by atoms with Crippen LogP contribution in [0.15, 0.2) is 42.5 Å². The summed E-state index contributed by atoms with van der Waals surface area (Å²) >= 11 is 0. The Labute approximate surface area is 120 Å². The Morgan fingerprint density at radius 3 is 2.30 bits per heavy atom. The first kappa shape index (κ1) is 14.1. The summed E-state index contributed by atoms with van der Waals surface area (Å²) < 4.78 is 0. The van der Waals surface area contributed by atoms with Crippen LogP contribution in [0.25, 0.3) is 0 Å². The van der Waals surface area contributed by atoms with Crippen LogP contribution in [-0.4, -0.2) is 5.91 Å². The van der Waals surface area contributed by atoms with Gasteiger partial charge in [0.1, 0.15) is 0 Å². The Hall–Kier alpha value is -2.29. The monoisotopic (exact) mass is 268 g/mol. The number of carbonyl (C=O) groups is 1. The zero-order valence-corrected chi connectivity index (χ0v) is 12.2. The molecule has 0 bridgehead atoms. The second-order valence-electron chi connectivity index (χ2n) is 4.93. The highest BCUT2D eigenvalue weighted by Crippen LogP contribution is 2.13. The van der Waals surface area contributed by atoms with Crippen LogP contribution in [0.3, 0.4) is 0 Å². The molecule has 0 atom stereocenters. The van der Waals surface area contributed by atoms with Gasteiger partial charge in [-0.25, -0.2) is 0 Å². The summed E-state index contributed by atoms with van der Waals surface area (Å²) in [6.45, 7) is 6.20. The molecule has 0 saturated carbocycles. The first-order valence-electron chi connectivity index (χ1n) is 6.82. The van der Waals surface area contributed by atoms with Gasteiger partial charge in [0.2, 0.25) is 0 Å². The molecule has 0 aromatic heterocycles. The number of hydrogen-bond donors (Lipinski definition) is 2. The fourth-order valence-corrected chi connectivity index (χ4v) is 1.91. The number of amides is 1. The maximum absolute atomic E-state index is 12.0. The third-order valence-electron chi connectivity index (χ3n) is 3.45. The maximum Gasteiger partial charge on any atom is 0.269 e. The highest BCUT2D eigenvalue weighted by molar-refractivity contribution is 5.94. The van der Waals surface area contributed by atoms with Crippen molar-refractivity contribution in [2.24, 2.45) is 0 Å². The topological polar surface area (TPSA) is 41.1 Å². The van der Waals surface area contributed by atoms with Crippen molar-refractivity contribution in [1.29, 1.82) is 0 Å². The molecule has 2 rings (SSSR count). The molecular weight excluding hydrogens is 248 g/mol. The van der Waals surface area contributed by atoms with Gasteiger partial charge >= 0.3 is 0 Å². The molecule has 2 N–H and O–H groups in total. The van der Waals surface area contributed by atoms with Gasteiger partial charge < -0.3 is 0 Å². The predicted octanol–water partition coefficient (Wildman–Crippen LogP) is 3.62. The Balaban J connectivity index is 1.98. The Kier molecular flexibility index (Phi) is 4.41. The van der Waals surface area contributed by atoms with Crippen LogP contribution in [0.5, 0.6) is 0 Å². The summed E-state index contributed by atoms with van der Waals surface area (Å²) in [7, 11) is 0. The van der Waals surface area contributed by atoms with Gasteiger partial charge in [-0.1, -0.05) is 25.1 Å². The molecule has 0 heterocycles. The van der Waals surface area contributed by atoms with E-state index in [1.807, 2.05) is 49.4 Å². The number of rotatable bonds is 4. The van der Waals surface area contributed by atoms with Crippen molar-refractivity contribution in [2.75, 3.05) is 5.43 Å². The standard InChI is InChI=1S/C17H20N2O/c1-4-14-6-8-15(9-7-14)17(20)19-18-16-10-5-12(2)13(3)11-16/h5-11,18H,4H2,1-3H3,(H,19,20). The molecule has 0 aliphatic heterocycles. The molecule has 0 aliphatic rings. The molecule has 3 heteroatoms. The molecule has 3 nitrogen and oxygen atoms in total. The van der Waals surface area contributed by atoms with E-state index in [2.05, 4.69) is 24.7 Å². The van der Waals surface area contributed by atoms with E-state index in [0.717, 1.165) is 12.1 Å². The van der Waals surface area contributed by atoms with Gasteiger partial charge in [0.15, 0.2) is 0 Å². The summed E-state index contributed by atoms with van der Waals surface area (Å²) in [5, 5.41) is 0. The molecule has 2 aromatic rings. The number of carbonyl (C=O) groups excluding carboxylic acids is 1. The predicted molar refractivity (Wildman–Crippen MR) is 82.8 cm³/mol. The molecule has 0 saturated heterocycles. The van der Waals surface area contributed by atoms with Gasteiger partial charge in [0, 0.05) is 5.56 Å². The molecule has 0 radical (unpaired) electrons. The van der Waals surface area contributed by atoms with Crippen molar-refractivity contribution in [3.05, 3.63) is 64.7 Å². The molecule has 0 unspecified atom stereocenters. The lowest BCUT2D eigenvalue weighted by Crippen LogP contribution is -2.29. The molecule has 1 amide bonds. The minimum Gasteiger partial charge on any atom is -0.298 e. The summed E-state index contributed by atoms with van der Waals surface area (Å²) in [4.78, 5) is 12.0. The van der Waals surface area contributed by atoms with Gasteiger partial charge in [-0.3, -0.25) is 15.6 Å². The van der Waals surface area contributed by atoms with Gasteiger partial charge in [-0.2, -0.15) is 0 Å². The quantitative estimate of drug-likeness (QED) is 0.831. The molecule has 104 valence electrons. The fourth-order valence-electron chi connectivity index (χ4n) is 1.91. The number of hydrogen-bond acceptors (Lipinski definition) is 2. The van der Waals surface area contributed by atoms with Crippen LogP contribution in [0.2, 0.25) is 0 Å². The molecule has 0 aliphatic carbocycles. The minimum absolute atomic E-state index is 0.133. The Morgan fingerprint density at radius 1 is 1.00 bits per heavy atom. The van der Waals surface area contributed by atoms with Crippen molar-refractivity contribution in [1.82, 2.24) is 5.43 Å². The third kappa shape index (κ3) is 3.38. The average Bonchev–Trinajstić information content (AvgIpc) is 2.48. The molecule has 2 aromatic carbocycles. The van der Waals surface area contributed by atoms with E-state index in [9.17, 15) is 4.79 Å². The van der Waals surface area contributed by atoms with E-state index in [1.165, 1.54) is 16.7 Å². The highest BCUT2D eigenvalue weighted by atomic mass is 16.2. The average molecular weight is 268 g/mol. The Morgan fingerprint density at radius 2 is 1.70 bits per heavy atom. The normalized spacial score (nSPS) is 10.2. The molecule has 0 spiro atoms. The first-order valence-corrected chi connectivity index (χ1v) is 6.82. The van der Waals surface area contributed by atoms with E-state index in [-0.39, 0.29) is 5.91 Å². The second kappa shape index (κ2) is 6.24. The lowest BCUT2D eigenvalue weighted by molar-refractivity contribution is 0.0962. The zero-order valence-electron chi connectivity index (χ0n) is 12.2. The van der Waals surface area contributed by atoms with Crippen molar-refractivity contribution in [3.8, 4) is 0 Å². The van der Waals surface area contributed by atoms with Gasteiger partial charge in [0.05, 0.1) is 5.69 Å². The van der Waals surface area contributed by atoms with E-state index in [1.54, 1.807) is 0 Å². The maximum atomic E-state index is 12.0. The number of anilines is 1. The van der Waals surface area contributed by atoms with Gasteiger partial charge in [-0.05, 0) is 61.2 Å². The van der Waals surface area contributed by atoms with Crippen molar-refractivity contribution < 1.29 is 4.79 Å². The number of nitrogens with one attached hydrogen (secondary N) is 2. The van der Waals surface area contributed by atoms with E-state index in [0.29, 0.717) is 5.56 Å². The number of aryl methyl sites for hydroxylation is 3. The van der Waals surface area contributed by atoms with Gasteiger partial charge in [0.25, 0.3) is 5.91 Å². The van der Waals surface area contributed by atoms with Crippen LogP contribution in [0.1, 0.15) is 34.0 Å². The minimum atomic E-state index is -0.133. The summed E-state index contributed by atoms with van der Waals surface area (Å²) in [5.41, 5.74) is 10.8. The number of hydrazine groups is 1. The van der Waals surface area contributed by atoms with Crippen LogP contribution in [-0.2, 0) is 6.42 Å². The lowest BCUT2D eigenvalue weighted by atomic mass is 10.1. The number of benzene rings is 2. The second-order valence-corrected chi connectivity index (χ2v) is 4.93. The Bertz CT molecular complexity index is 603. The van der Waals surface area contributed by atoms with E-state index >= 15 is 0 Å². The first-order chi connectivity index (χ1) is 9.60. The summed E-state index contributed by atoms with van der Waals surface area (Å²) in [6.07, 6.45) is 0.975. The van der Waals surface area contributed by atoms with Crippen molar-refractivity contribution in [3.63, 3.8) is 0 Å². The van der Waals surface area contributed by atoms with E-state index in [4.69, 9.17) is 0 Å². The third-order valence-corrected chi connectivity index (χ3v) is 3.45. The van der Waals surface area contributed by atoms with Gasteiger partial charge in [-0.15, -0.1) is 0 Å². The summed E-state index contributed by atoms with van der Waals surface area (Å²) in [6, 6.07) is 13.6. The zero-order chi connectivity index (χ0) is 14.5. The lowest BCUT2D eigenvalue weighted by Gasteiger charge is -2.10. The molecule has 0 fully saturated rings. The van der Waals surface area contributed by atoms with E-state index < -0.39 is 0 Å². The largest absolute Gasteiger partial charge is 0.298 e. The fraction of sp³-hybridized carbons (Fsp3) is 0.235.